The van der Waals surface area contributed by atoms with Crippen molar-refractivity contribution in [2.75, 3.05) is 21.0 Å². The summed E-state index contributed by atoms with van der Waals surface area (Å²) in [5.74, 6) is 3.16. The van der Waals surface area contributed by atoms with Gasteiger partial charge in [0.15, 0.2) is 35.7 Å². The third-order valence-electron chi connectivity index (χ3n) is 8.08. The van der Waals surface area contributed by atoms with E-state index >= 15 is 0 Å². The van der Waals surface area contributed by atoms with Crippen LogP contribution in [0.1, 0.15) is 23.1 Å². The van der Waals surface area contributed by atoms with Gasteiger partial charge in [-0.2, -0.15) is 4.57 Å². The molecule has 5 aromatic rings. The van der Waals surface area contributed by atoms with E-state index in [0.717, 1.165) is 71.0 Å². The molecule has 0 spiro atoms. The molecule has 0 bridgehead atoms. The maximum atomic E-state index is 6.50. The average molecular weight is 666 g/mol. The Kier molecular flexibility index (Phi) is 7.40. The number of fused-ring (bicyclic) bond motifs is 6. The molecule has 3 heterocycles. The van der Waals surface area contributed by atoms with Crippen molar-refractivity contribution in [2.24, 2.45) is 0 Å². The van der Waals surface area contributed by atoms with E-state index in [1.54, 1.807) is 14.2 Å². The van der Waals surface area contributed by atoms with Crippen molar-refractivity contribution in [1.82, 2.24) is 0 Å². The number of rotatable bonds is 6. The summed E-state index contributed by atoms with van der Waals surface area (Å²) in [7, 11) is 3.40. The molecule has 2 aliphatic rings. The van der Waals surface area contributed by atoms with Crippen LogP contribution in [0, 0.1) is 0 Å². The number of aromatic nitrogens is 1. The van der Waals surface area contributed by atoms with E-state index in [4.69, 9.17) is 30.5 Å². The third-order valence-corrected chi connectivity index (χ3v) is 8.41. The highest BCUT2D eigenvalue weighted by atomic mass is 127. The molecule has 0 saturated heterocycles. The molecule has 0 radical (unpaired) electrons. The Morgan fingerprint density at radius 1 is 0.850 bits per heavy atom. The van der Waals surface area contributed by atoms with Crippen LogP contribution in [0.4, 0.5) is 0 Å². The van der Waals surface area contributed by atoms with Crippen LogP contribution in [-0.2, 0) is 25.8 Å². The van der Waals surface area contributed by atoms with Crippen molar-refractivity contribution in [3.63, 3.8) is 0 Å². The van der Waals surface area contributed by atoms with Crippen LogP contribution in [0.15, 0.2) is 66.9 Å². The second-order valence-corrected chi connectivity index (χ2v) is 10.5. The molecule has 2 aliphatic heterocycles. The van der Waals surface area contributed by atoms with Gasteiger partial charge in [-0.3, -0.25) is 0 Å². The summed E-state index contributed by atoms with van der Waals surface area (Å²) in [4.78, 5) is 0. The number of nitrogens with zero attached hydrogens (tertiary/aromatic N) is 1. The monoisotopic (exact) mass is 665 g/mol. The van der Waals surface area contributed by atoms with Gasteiger partial charge in [-0.05, 0) is 66.1 Å². The molecule has 4 aromatic carbocycles. The molecular weight excluding hydrogens is 637 g/mol. The Balaban J connectivity index is 0.00000289. The fraction of sp³-hybridized carbons (Fsp3) is 0.242. The highest BCUT2D eigenvalue weighted by molar-refractivity contribution is 6.35. The molecule has 0 amide bonds. The summed E-state index contributed by atoms with van der Waals surface area (Å²) in [5, 5.41) is 5.38. The molecular formula is C33H29ClINO4. The van der Waals surface area contributed by atoms with Gasteiger partial charge in [0.05, 0.1) is 25.2 Å². The fourth-order valence-corrected chi connectivity index (χ4v) is 6.49. The van der Waals surface area contributed by atoms with E-state index < -0.39 is 0 Å². The number of hydrogen-bond donors (Lipinski definition) is 0. The van der Waals surface area contributed by atoms with Crippen LogP contribution in [0.5, 0.6) is 23.0 Å². The van der Waals surface area contributed by atoms with E-state index in [0.29, 0.717) is 0 Å². The lowest BCUT2D eigenvalue weighted by Gasteiger charge is -2.21. The van der Waals surface area contributed by atoms with E-state index in [9.17, 15) is 0 Å². The van der Waals surface area contributed by atoms with Gasteiger partial charge in [-0.1, -0.05) is 41.9 Å². The fourth-order valence-electron chi connectivity index (χ4n) is 6.26. The lowest BCUT2D eigenvalue weighted by Crippen LogP contribution is -3.00. The summed E-state index contributed by atoms with van der Waals surface area (Å²) in [6.45, 7) is 1.15. The second-order valence-electron chi connectivity index (χ2n) is 10.1. The minimum atomic E-state index is 0. The Morgan fingerprint density at radius 2 is 1.65 bits per heavy atom. The van der Waals surface area contributed by atoms with Crippen LogP contribution in [0.2, 0.25) is 5.02 Å². The van der Waals surface area contributed by atoms with E-state index in [1.807, 2.05) is 18.2 Å². The van der Waals surface area contributed by atoms with Gasteiger partial charge in [0.25, 0.3) is 0 Å². The summed E-state index contributed by atoms with van der Waals surface area (Å²) >= 11 is 6.50. The molecule has 5 nitrogen and oxygen atoms in total. The molecule has 204 valence electrons. The SMILES string of the molecule is COc1ccc2c(CCCc3ccc(Cl)c4ccccc34)c3[n+](cc2c1OC)CCc1cc2c(cc1-3)OCO2.[I-]. The van der Waals surface area contributed by atoms with Crippen LogP contribution >= 0.6 is 11.6 Å². The minimum Gasteiger partial charge on any atom is -1.00 e. The number of hydrogen-bond acceptors (Lipinski definition) is 4. The highest BCUT2D eigenvalue weighted by Crippen LogP contribution is 2.44. The van der Waals surface area contributed by atoms with Gasteiger partial charge in [0, 0.05) is 27.8 Å². The highest BCUT2D eigenvalue weighted by Gasteiger charge is 2.32. The maximum absolute atomic E-state index is 6.50. The van der Waals surface area contributed by atoms with Gasteiger partial charge < -0.3 is 42.9 Å². The Bertz CT molecular complexity index is 1770. The lowest BCUT2D eigenvalue weighted by atomic mass is 9.88. The molecule has 0 N–H and O–H groups in total. The minimum absolute atomic E-state index is 0. The lowest BCUT2D eigenvalue weighted by molar-refractivity contribution is -0.686. The van der Waals surface area contributed by atoms with Crippen LogP contribution in [0.3, 0.4) is 0 Å². The largest absolute Gasteiger partial charge is 1.00 e. The standard InChI is InChI=1S/C33H29ClNO4.HI/c1-36-29-13-11-23-25(9-5-6-20-10-12-28(34)24-8-4-3-7-22(20)24)32-26-17-31-30(38-19-39-31)16-21(26)14-15-35(32)18-27(23)33(29)37-2;/h3-4,7-8,10-13,16-18H,5-6,9,14-15,19H2,1-2H3;1H/q+1;/p-1. The topological polar surface area (TPSA) is 40.8 Å². The number of methoxy groups -OCH3 is 2. The molecule has 7 rings (SSSR count). The Labute approximate surface area is 255 Å². The quantitative estimate of drug-likeness (QED) is 0.203. The number of halogens is 2. The first-order valence-electron chi connectivity index (χ1n) is 13.4. The van der Waals surface area contributed by atoms with E-state index in [2.05, 4.69) is 53.2 Å². The first-order valence-corrected chi connectivity index (χ1v) is 13.7. The van der Waals surface area contributed by atoms with Gasteiger partial charge >= 0.3 is 0 Å². The predicted octanol–water partition coefficient (Wildman–Crippen LogP) is 4.08. The number of ether oxygens (including phenoxy) is 4. The summed E-state index contributed by atoms with van der Waals surface area (Å²) in [6, 6.07) is 21.1. The molecule has 40 heavy (non-hydrogen) atoms. The van der Waals surface area contributed by atoms with Gasteiger partial charge in [0.1, 0.15) is 0 Å². The van der Waals surface area contributed by atoms with Crippen LogP contribution in [-0.4, -0.2) is 21.0 Å². The van der Waals surface area contributed by atoms with Gasteiger partial charge in [-0.15, -0.1) is 0 Å². The number of pyridine rings is 1. The molecule has 0 fully saturated rings. The molecule has 0 saturated carbocycles. The van der Waals surface area contributed by atoms with Crippen LogP contribution in [0.25, 0.3) is 32.8 Å². The van der Waals surface area contributed by atoms with Gasteiger partial charge in [0.2, 0.25) is 12.5 Å². The first kappa shape index (κ1) is 27.0. The molecule has 1 aromatic heterocycles. The van der Waals surface area contributed by atoms with Crippen molar-refractivity contribution in [3.8, 4) is 34.3 Å². The van der Waals surface area contributed by atoms with E-state index in [1.165, 1.54) is 38.7 Å². The second kappa shape index (κ2) is 11.0. The van der Waals surface area contributed by atoms with Crippen molar-refractivity contribution in [3.05, 3.63) is 88.6 Å². The van der Waals surface area contributed by atoms with E-state index in [-0.39, 0.29) is 30.8 Å². The molecule has 0 unspecified atom stereocenters. The molecule has 0 aliphatic carbocycles. The summed E-state index contributed by atoms with van der Waals surface area (Å²) < 4.78 is 25.4. The Morgan fingerprint density at radius 3 is 2.45 bits per heavy atom. The van der Waals surface area contributed by atoms with Crippen LogP contribution < -0.4 is 47.5 Å². The van der Waals surface area contributed by atoms with Crippen molar-refractivity contribution in [1.29, 1.82) is 0 Å². The van der Waals surface area contributed by atoms with Crippen molar-refractivity contribution >= 4 is 33.1 Å². The summed E-state index contributed by atoms with van der Waals surface area (Å²) in [5.41, 5.74) is 6.39. The zero-order chi connectivity index (χ0) is 26.5. The summed E-state index contributed by atoms with van der Waals surface area (Å²) in [6.07, 6.45) is 6.00. The van der Waals surface area contributed by atoms with Gasteiger partial charge in [-0.25, -0.2) is 0 Å². The zero-order valence-electron chi connectivity index (χ0n) is 22.4. The zero-order valence-corrected chi connectivity index (χ0v) is 25.3. The average Bonchev–Trinajstić information content (AvgIpc) is 3.43. The van der Waals surface area contributed by atoms with Crippen molar-refractivity contribution in [2.45, 2.75) is 32.2 Å². The normalized spacial score (nSPS) is 13.1. The molecule has 0 atom stereocenters. The number of aryl methyl sites for hydroxylation is 4. The van der Waals surface area contributed by atoms with Crippen molar-refractivity contribution < 1.29 is 47.5 Å². The smallest absolute Gasteiger partial charge is 0.231 e. The maximum Gasteiger partial charge on any atom is 0.231 e. The first-order chi connectivity index (χ1) is 19.2. The number of benzene rings is 4. The predicted molar refractivity (Wildman–Crippen MR) is 153 cm³/mol. The third kappa shape index (κ3) is 4.41. The Hall–Kier alpha value is -3.23. The molecule has 7 heteroatoms.